The Morgan fingerprint density at radius 2 is 1.93 bits per heavy atom. The van der Waals surface area contributed by atoms with Crippen molar-refractivity contribution in [3.05, 3.63) is 11.2 Å². The molecule has 0 bridgehead atoms. The van der Waals surface area contributed by atoms with Crippen molar-refractivity contribution in [1.82, 2.24) is 15.2 Å². The van der Waals surface area contributed by atoms with Gasteiger partial charge in [0.25, 0.3) is 0 Å². The van der Waals surface area contributed by atoms with Gasteiger partial charge in [-0.25, -0.2) is 4.98 Å². The highest BCUT2D eigenvalue weighted by atomic mass is 32.1. The zero-order valence-corrected chi connectivity index (χ0v) is 8.58. The Morgan fingerprint density at radius 3 is 2.40 bits per heavy atom. The molecule has 0 aliphatic rings. The topological polar surface area (TPSA) is 64.7 Å². The van der Waals surface area contributed by atoms with E-state index in [2.05, 4.69) is 15.2 Å². The fourth-order valence-electron chi connectivity index (χ4n) is 0.838. The molecule has 0 aromatic carbocycles. The van der Waals surface area contributed by atoms with Gasteiger partial charge >= 0.3 is 6.18 Å². The molecule has 15 heavy (non-hydrogen) atoms. The van der Waals surface area contributed by atoms with Crippen LogP contribution in [0.4, 0.5) is 18.3 Å². The van der Waals surface area contributed by atoms with Crippen molar-refractivity contribution in [3.8, 4) is 9.88 Å². The first-order valence-corrected chi connectivity index (χ1v) is 5.22. The summed E-state index contributed by atoms with van der Waals surface area (Å²) in [5.41, 5.74) is 5.32. The highest BCUT2D eigenvalue weighted by Crippen LogP contribution is 2.37. The molecule has 0 aliphatic carbocycles. The van der Waals surface area contributed by atoms with Crippen LogP contribution in [0.1, 0.15) is 5.01 Å². The van der Waals surface area contributed by atoms with Gasteiger partial charge in [-0.05, 0) is 0 Å². The number of rotatable bonds is 1. The molecule has 0 radical (unpaired) electrons. The molecule has 0 fully saturated rings. The van der Waals surface area contributed by atoms with Gasteiger partial charge in [0.15, 0.2) is 10.0 Å². The van der Waals surface area contributed by atoms with Gasteiger partial charge in [-0.3, -0.25) is 0 Å². The van der Waals surface area contributed by atoms with Crippen LogP contribution in [-0.2, 0) is 6.18 Å². The van der Waals surface area contributed by atoms with Gasteiger partial charge in [-0.2, -0.15) is 13.2 Å². The van der Waals surface area contributed by atoms with Crippen molar-refractivity contribution in [2.75, 3.05) is 5.73 Å². The third-order valence-corrected chi connectivity index (χ3v) is 3.36. The lowest BCUT2D eigenvalue weighted by molar-refractivity contribution is -0.137. The lowest BCUT2D eigenvalue weighted by atomic mass is 10.6. The van der Waals surface area contributed by atoms with E-state index in [1.54, 1.807) is 0 Å². The molecule has 0 saturated carbocycles. The number of hydrogen-bond acceptors (Lipinski definition) is 6. The third kappa shape index (κ3) is 2.07. The molecule has 2 aromatic heterocycles. The van der Waals surface area contributed by atoms with Gasteiger partial charge in [0.2, 0.25) is 5.13 Å². The minimum Gasteiger partial charge on any atom is -0.374 e. The highest BCUT2D eigenvalue weighted by Gasteiger charge is 2.34. The molecule has 0 spiro atoms. The van der Waals surface area contributed by atoms with E-state index in [-0.39, 0.29) is 5.13 Å². The van der Waals surface area contributed by atoms with Gasteiger partial charge in [0.1, 0.15) is 0 Å². The Balaban J connectivity index is 2.36. The van der Waals surface area contributed by atoms with E-state index in [0.717, 1.165) is 17.5 Å². The van der Waals surface area contributed by atoms with Gasteiger partial charge in [-0.1, -0.05) is 11.3 Å². The maximum absolute atomic E-state index is 12.2. The normalized spacial score (nSPS) is 11.9. The van der Waals surface area contributed by atoms with Crippen molar-refractivity contribution in [2.45, 2.75) is 6.18 Å². The number of nitrogen functional groups attached to an aromatic ring is 1. The number of anilines is 1. The quantitative estimate of drug-likeness (QED) is 0.845. The van der Waals surface area contributed by atoms with Crippen molar-refractivity contribution in [3.63, 3.8) is 0 Å². The van der Waals surface area contributed by atoms with Crippen LogP contribution in [-0.4, -0.2) is 15.2 Å². The molecule has 2 rings (SSSR count). The summed E-state index contributed by atoms with van der Waals surface area (Å²) in [6, 6.07) is 0. The second kappa shape index (κ2) is 3.42. The number of nitrogens with zero attached hydrogens (tertiary/aromatic N) is 3. The number of nitrogens with two attached hydrogens (primary N) is 1. The van der Waals surface area contributed by atoms with Crippen molar-refractivity contribution in [2.24, 2.45) is 0 Å². The first-order chi connectivity index (χ1) is 6.97. The van der Waals surface area contributed by atoms with Crippen LogP contribution in [0.2, 0.25) is 0 Å². The van der Waals surface area contributed by atoms with Crippen LogP contribution in [0.15, 0.2) is 6.20 Å². The molecule has 2 aromatic rings. The van der Waals surface area contributed by atoms with Crippen molar-refractivity contribution in [1.29, 1.82) is 0 Å². The summed E-state index contributed by atoms with van der Waals surface area (Å²) < 4.78 is 36.6. The van der Waals surface area contributed by atoms with Crippen LogP contribution in [0.25, 0.3) is 9.88 Å². The zero-order valence-electron chi connectivity index (χ0n) is 6.95. The second-order valence-corrected chi connectivity index (χ2v) is 4.51. The fraction of sp³-hybridized carbons (Fsp3) is 0.167. The summed E-state index contributed by atoms with van der Waals surface area (Å²) in [4.78, 5) is 3.58. The molecule has 0 unspecified atom stereocenters. The SMILES string of the molecule is Nc1nnc(-c2cnc(C(F)(F)F)s2)s1. The van der Waals surface area contributed by atoms with Crippen LogP contribution in [0.5, 0.6) is 0 Å². The predicted octanol–water partition coefficient (Wildman–Crippen LogP) is 2.26. The molecule has 0 amide bonds. The average Bonchev–Trinajstić information content (AvgIpc) is 2.69. The highest BCUT2D eigenvalue weighted by molar-refractivity contribution is 7.23. The van der Waals surface area contributed by atoms with Gasteiger partial charge in [0.05, 0.1) is 4.88 Å². The molecule has 0 atom stereocenters. The summed E-state index contributed by atoms with van der Waals surface area (Å²) in [6.07, 6.45) is -3.30. The molecule has 2 N–H and O–H groups in total. The average molecular weight is 252 g/mol. The van der Waals surface area contributed by atoms with Crippen LogP contribution >= 0.6 is 22.7 Å². The van der Waals surface area contributed by atoms with E-state index in [4.69, 9.17) is 5.73 Å². The molecule has 2 heterocycles. The summed E-state index contributed by atoms with van der Waals surface area (Å²) in [5, 5.41) is 6.80. The van der Waals surface area contributed by atoms with Crippen LogP contribution < -0.4 is 5.73 Å². The Bertz CT molecular complexity index is 475. The number of hydrogen-bond donors (Lipinski definition) is 1. The Labute approximate surface area is 89.6 Å². The van der Waals surface area contributed by atoms with Crippen LogP contribution in [0.3, 0.4) is 0 Å². The van der Waals surface area contributed by atoms with Crippen molar-refractivity contribution >= 4 is 27.8 Å². The molecule has 9 heteroatoms. The molecule has 0 aliphatic heterocycles. The number of aromatic nitrogens is 3. The fourth-order valence-corrected chi connectivity index (χ4v) is 2.27. The minimum absolute atomic E-state index is 0.215. The standard InChI is InChI=1S/C6H3F3N4S2/c7-6(8,9)4-11-1-2(14-4)3-12-13-5(10)15-3/h1H,(H2,10,13). The number of alkyl halides is 3. The Kier molecular flexibility index (Phi) is 2.35. The second-order valence-electron chi connectivity index (χ2n) is 2.47. The van der Waals surface area contributed by atoms with E-state index >= 15 is 0 Å². The smallest absolute Gasteiger partial charge is 0.374 e. The maximum Gasteiger partial charge on any atom is 0.443 e. The van der Waals surface area contributed by atoms with E-state index in [9.17, 15) is 13.2 Å². The number of thiazole rings is 1. The summed E-state index contributed by atoms with van der Waals surface area (Å²) >= 11 is 1.55. The van der Waals surface area contributed by atoms with E-state index in [0.29, 0.717) is 21.2 Å². The van der Waals surface area contributed by atoms with E-state index in [1.807, 2.05) is 0 Å². The van der Waals surface area contributed by atoms with E-state index in [1.165, 1.54) is 0 Å². The molecule has 4 nitrogen and oxygen atoms in total. The summed E-state index contributed by atoms with van der Waals surface area (Å²) in [6.45, 7) is 0. The molecule has 80 valence electrons. The minimum atomic E-state index is -4.42. The van der Waals surface area contributed by atoms with Gasteiger partial charge in [0, 0.05) is 6.20 Å². The maximum atomic E-state index is 12.2. The summed E-state index contributed by atoms with van der Waals surface area (Å²) in [7, 11) is 0. The summed E-state index contributed by atoms with van der Waals surface area (Å²) in [5.74, 6) is 0. The lowest BCUT2D eigenvalue weighted by Crippen LogP contribution is -2.02. The van der Waals surface area contributed by atoms with Crippen molar-refractivity contribution < 1.29 is 13.2 Å². The molecule has 0 saturated heterocycles. The van der Waals surface area contributed by atoms with Gasteiger partial charge in [-0.15, -0.1) is 21.5 Å². The first-order valence-electron chi connectivity index (χ1n) is 3.59. The van der Waals surface area contributed by atoms with E-state index < -0.39 is 11.2 Å². The molecular formula is C6H3F3N4S2. The largest absolute Gasteiger partial charge is 0.443 e. The zero-order chi connectivity index (χ0) is 11.1. The Hall–Kier alpha value is -1.22. The predicted molar refractivity (Wildman–Crippen MR) is 50.4 cm³/mol. The first kappa shape index (κ1) is 10.3. The number of halogens is 3. The third-order valence-electron chi connectivity index (χ3n) is 1.40. The van der Waals surface area contributed by atoms with Crippen LogP contribution in [0, 0.1) is 0 Å². The molecular weight excluding hydrogens is 249 g/mol. The monoisotopic (exact) mass is 252 g/mol. The Morgan fingerprint density at radius 1 is 1.20 bits per heavy atom. The van der Waals surface area contributed by atoms with Gasteiger partial charge < -0.3 is 5.73 Å². The lowest BCUT2D eigenvalue weighted by Gasteiger charge is -1.98.